The van der Waals surface area contributed by atoms with Crippen LogP contribution in [0, 0.1) is 0 Å². The first-order valence-electron chi connectivity index (χ1n) is 7.56. The Hall–Kier alpha value is -1.21. The maximum atomic E-state index is 10.2. The molecule has 1 saturated heterocycles. The monoisotopic (exact) mass is 338 g/mol. The van der Waals surface area contributed by atoms with Crippen molar-refractivity contribution in [3.63, 3.8) is 0 Å². The van der Waals surface area contributed by atoms with Gasteiger partial charge < -0.3 is 25.5 Å². The van der Waals surface area contributed by atoms with E-state index in [-0.39, 0.29) is 11.4 Å². The van der Waals surface area contributed by atoms with Crippen molar-refractivity contribution in [3.05, 3.63) is 28.2 Å². The first-order valence-corrected chi connectivity index (χ1v) is 7.94. The molecular formula is C16H24BClN2O3. The van der Waals surface area contributed by atoms with E-state index in [0.29, 0.717) is 17.1 Å². The van der Waals surface area contributed by atoms with Gasteiger partial charge in [-0.15, -0.1) is 0 Å². The number of halogens is 1. The summed E-state index contributed by atoms with van der Waals surface area (Å²) in [6, 6.07) is 3.18. The Kier molecular flexibility index (Phi) is 5.02. The van der Waals surface area contributed by atoms with Gasteiger partial charge in [-0.2, -0.15) is 0 Å². The number of hydrogen-bond donors (Lipinski definition) is 3. The molecule has 126 valence electrons. The Morgan fingerprint density at radius 2 is 1.87 bits per heavy atom. The molecule has 1 fully saturated rings. The molecule has 0 atom stereocenters. The number of benzene rings is 1. The minimum Gasteiger partial charge on any atom is -0.505 e. The highest BCUT2D eigenvalue weighted by molar-refractivity contribution is 6.56. The van der Waals surface area contributed by atoms with Gasteiger partial charge in [-0.05, 0) is 52.3 Å². The van der Waals surface area contributed by atoms with Crippen molar-refractivity contribution in [2.75, 3.05) is 19.3 Å². The number of hydrogen-bond acceptors (Lipinski definition) is 5. The number of likely N-dealkylation sites (N-methyl/N-ethyl adjacent to an activating group) is 1. The summed E-state index contributed by atoms with van der Waals surface area (Å²) in [4.78, 5) is 0. The van der Waals surface area contributed by atoms with Crippen molar-refractivity contribution in [2.45, 2.75) is 38.9 Å². The molecule has 5 nitrogen and oxygen atoms in total. The van der Waals surface area contributed by atoms with E-state index >= 15 is 0 Å². The third-order valence-corrected chi connectivity index (χ3v) is 4.63. The van der Waals surface area contributed by atoms with Crippen LogP contribution in [0.1, 0.15) is 33.3 Å². The lowest BCUT2D eigenvalue weighted by molar-refractivity contribution is 0.00578. The van der Waals surface area contributed by atoms with Crippen molar-refractivity contribution in [1.29, 1.82) is 0 Å². The largest absolute Gasteiger partial charge is 0.505 e. The fraction of sp³-hybridized carbons (Fsp3) is 0.500. The third-order valence-electron chi connectivity index (χ3n) is 4.41. The molecule has 0 bridgehead atoms. The molecule has 23 heavy (non-hydrogen) atoms. The summed E-state index contributed by atoms with van der Waals surface area (Å²) in [5.41, 5.74) is 6.53. The molecule has 1 aromatic rings. The second-order valence-electron chi connectivity index (χ2n) is 6.77. The Bertz CT molecular complexity index is 616. The molecule has 7 heteroatoms. The molecule has 0 saturated carbocycles. The predicted molar refractivity (Wildman–Crippen MR) is 95.5 cm³/mol. The van der Waals surface area contributed by atoms with Crippen LogP contribution < -0.4 is 11.1 Å². The maximum Gasteiger partial charge on any atom is 0.491 e. The van der Waals surface area contributed by atoms with Crippen molar-refractivity contribution >= 4 is 30.5 Å². The Labute approximate surface area is 142 Å². The van der Waals surface area contributed by atoms with Crippen LogP contribution in [0.3, 0.4) is 0 Å². The van der Waals surface area contributed by atoms with Crippen LogP contribution in [0.2, 0.25) is 5.02 Å². The second-order valence-corrected chi connectivity index (χ2v) is 7.21. The SMILES string of the molecule is CNCC(=Cc1cc(Cl)cc(N)c1O)B1OC(C)(C)C(C)(C)O1. The molecular weight excluding hydrogens is 314 g/mol. The molecule has 0 amide bonds. The number of nitrogen functional groups attached to an aromatic ring is 1. The second kappa shape index (κ2) is 6.36. The molecule has 1 aliphatic heterocycles. The Morgan fingerprint density at radius 1 is 1.30 bits per heavy atom. The van der Waals surface area contributed by atoms with Gasteiger partial charge in [0.2, 0.25) is 0 Å². The zero-order valence-electron chi connectivity index (χ0n) is 14.2. The van der Waals surface area contributed by atoms with E-state index in [1.165, 1.54) is 6.07 Å². The van der Waals surface area contributed by atoms with Gasteiger partial charge in [0.05, 0.1) is 16.9 Å². The summed E-state index contributed by atoms with van der Waals surface area (Å²) in [5.74, 6) is -0.000444. The predicted octanol–water partition coefficient (Wildman–Crippen LogP) is 2.86. The average molecular weight is 339 g/mol. The quantitative estimate of drug-likeness (QED) is 0.447. The average Bonchev–Trinajstić information content (AvgIpc) is 2.63. The smallest absolute Gasteiger partial charge is 0.491 e. The van der Waals surface area contributed by atoms with Gasteiger partial charge in [0.15, 0.2) is 0 Å². The van der Waals surface area contributed by atoms with Crippen LogP contribution >= 0.6 is 11.6 Å². The summed E-state index contributed by atoms with van der Waals surface area (Å²) in [7, 11) is 1.33. The Morgan fingerprint density at radius 3 is 2.39 bits per heavy atom. The van der Waals surface area contributed by atoms with Crippen LogP contribution in [-0.2, 0) is 9.31 Å². The first kappa shape index (κ1) is 18.1. The van der Waals surface area contributed by atoms with Crippen molar-refractivity contribution in [1.82, 2.24) is 5.32 Å². The van der Waals surface area contributed by atoms with Crippen LogP contribution in [0.15, 0.2) is 17.6 Å². The van der Waals surface area contributed by atoms with E-state index in [9.17, 15) is 5.11 Å². The summed E-state index contributed by atoms with van der Waals surface area (Å²) in [6.07, 6.45) is 1.80. The van der Waals surface area contributed by atoms with Crippen LogP contribution in [-0.4, -0.2) is 37.0 Å². The van der Waals surface area contributed by atoms with Crippen molar-refractivity contribution < 1.29 is 14.4 Å². The maximum absolute atomic E-state index is 10.2. The first-order chi connectivity index (χ1) is 10.6. The number of phenols is 1. The fourth-order valence-electron chi connectivity index (χ4n) is 2.35. The summed E-state index contributed by atoms with van der Waals surface area (Å²) in [5, 5.41) is 13.7. The summed E-state index contributed by atoms with van der Waals surface area (Å²) < 4.78 is 12.1. The number of phenolic OH excluding ortho intramolecular Hbond substituents is 1. The van der Waals surface area contributed by atoms with E-state index in [4.69, 9.17) is 26.6 Å². The number of nitrogens with one attached hydrogen (secondary N) is 1. The van der Waals surface area contributed by atoms with E-state index in [2.05, 4.69) is 5.32 Å². The van der Waals surface area contributed by atoms with E-state index < -0.39 is 18.3 Å². The molecule has 0 aromatic heterocycles. The van der Waals surface area contributed by atoms with Crippen molar-refractivity contribution in [2.24, 2.45) is 0 Å². The molecule has 0 aliphatic carbocycles. The molecule has 1 heterocycles. The third kappa shape index (κ3) is 3.66. The molecule has 1 aliphatic rings. The highest BCUT2D eigenvalue weighted by Crippen LogP contribution is 2.39. The number of rotatable bonds is 4. The van der Waals surface area contributed by atoms with Gasteiger partial charge in [-0.25, -0.2) is 0 Å². The topological polar surface area (TPSA) is 76.7 Å². The summed E-state index contributed by atoms with van der Waals surface area (Å²) >= 11 is 6.03. The van der Waals surface area contributed by atoms with Gasteiger partial charge in [-0.3, -0.25) is 0 Å². The van der Waals surface area contributed by atoms with Gasteiger partial charge >= 0.3 is 7.12 Å². The molecule has 0 spiro atoms. The van der Waals surface area contributed by atoms with Gasteiger partial charge in [0, 0.05) is 17.1 Å². The van der Waals surface area contributed by atoms with Gasteiger partial charge in [0.1, 0.15) is 5.75 Å². The number of anilines is 1. The lowest BCUT2D eigenvalue weighted by atomic mass is 9.77. The van der Waals surface area contributed by atoms with Crippen LogP contribution in [0.4, 0.5) is 5.69 Å². The van der Waals surface area contributed by atoms with Crippen molar-refractivity contribution in [3.8, 4) is 5.75 Å². The van der Waals surface area contributed by atoms with Gasteiger partial charge in [-0.1, -0.05) is 17.7 Å². The van der Waals surface area contributed by atoms with Crippen LogP contribution in [0.5, 0.6) is 5.75 Å². The van der Waals surface area contributed by atoms with E-state index in [0.717, 1.165) is 5.47 Å². The van der Waals surface area contributed by atoms with E-state index in [1.54, 1.807) is 12.1 Å². The normalized spacial score (nSPS) is 20.1. The summed E-state index contributed by atoms with van der Waals surface area (Å²) in [6.45, 7) is 8.54. The highest BCUT2D eigenvalue weighted by atomic mass is 35.5. The highest BCUT2D eigenvalue weighted by Gasteiger charge is 2.52. The number of nitrogens with two attached hydrogens (primary N) is 1. The fourth-order valence-corrected chi connectivity index (χ4v) is 2.59. The molecule has 0 radical (unpaired) electrons. The standard InChI is InChI=1S/C16H24BClN2O3/c1-15(2)16(3,4)23-17(22-15)11(9-20-5)6-10-7-12(18)8-13(19)14(10)21/h6-8,20-21H,9,19H2,1-5H3. The molecule has 0 unspecified atom stereocenters. The zero-order chi connectivity index (χ0) is 17.4. The Balaban J connectivity index is 2.40. The van der Waals surface area contributed by atoms with E-state index in [1.807, 2.05) is 34.7 Å². The zero-order valence-corrected chi connectivity index (χ0v) is 15.0. The minimum atomic E-state index is -0.507. The van der Waals surface area contributed by atoms with Crippen LogP contribution in [0.25, 0.3) is 6.08 Å². The minimum absolute atomic E-state index is 0.000444. The molecule has 4 N–H and O–H groups in total. The lowest BCUT2D eigenvalue weighted by Gasteiger charge is -2.32. The number of aromatic hydroxyl groups is 1. The van der Waals surface area contributed by atoms with Gasteiger partial charge in [0.25, 0.3) is 0 Å². The molecule has 2 rings (SSSR count). The lowest BCUT2D eigenvalue weighted by Crippen LogP contribution is -2.41. The molecule has 1 aromatic carbocycles.